The van der Waals surface area contributed by atoms with Crippen molar-refractivity contribution in [1.82, 2.24) is 14.3 Å². The number of nitrogens with zero attached hydrogens (tertiary/aromatic N) is 4. The molecule has 0 unspecified atom stereocenters. The second kappa shape index (κ2) is 6.49. The van der Waals surface area contributed by atoms with Crippen LogP contribution in [0.2, 0.25) is 0 Å². The highest BCUT2D eigenvalue weighted by atomic mass is 32.2. The monoisotopic (exact) mass is 298 g/mol. The second-order valence-electron chi connectivity index (χ2n) is 5.12. The number of unbranched alkanes of at least 4 members (excludes halogenated alkanes) is 1. The summed E-state index contributed by atoms with van der Waals surface area (Å²) in [5.74, 6) is 0.832. The van der Waals surface area contributed by atoms with Gasteiger partial charge in [-0.05, 0) is 12.8 Å². The summed E-state index contributed by atoms with van der Waals surface area (Å²) in [6, 6.07) is 0. The Balaban J connectivity index is 1.93. The number of rotatable bonds is 5. The maximum Gasteiger partial charge on any atom is 0.211 e. The van der Waals surface area contributed by atoms with Gasteiger partial charge in [0.05, 0.1) is 24.3 Å². The standard InChI is InChI=1S/C13H22N4O2S/c1-3-4-5-12-10-15-13(11-14-12)16-6-8-17(9-7-16)20(2,18)19/h10-11H,3-9H2,1-2H3. The Morgan fingerprint density at radius 1 is 1.15 bits per heavy atom. The zero-order valence-corrected chi connectivity index (χ0v) is 12.9. The topological polar surface area (TPSA) is 66.4 Å². The van der Waals surface area contributed by atoms with Gasteiger partial charge in [-0.25, -0.2) is 13.4 Å². The van der Waals surface area contributed by atoms with E-state index in [4.69, 9.17) is 0 Å². The first-order valence-electron chi connectivity index (χ1n) is 7.01. The van der Waals surface area contributed by atoms with Gasteiger partial charge in [0, 0.05) is 26.2 Å². The molecule has 0 amide bonds. The molecule has 2 rings (SSSR count). The van der Waals surface area contributed by atoms with Crippen LogP contribution in [0.4, 0.5) is 5.82 Å². The first-order valence-corrected chi connectivity index (χ1v) is 8.86. The molecule has 6 nitrogen and oxygen atoms in total. The summed E-state index contributed by atoms with van der Waals surface area (Å²) in [5, 5.41) is 0. The smallest absolute Gasteiger partial charge is 0.211 e. The highest BCUT2D eigenvalue weighted by Gasteiger charge is 2.23. The molecular formula is C13H22N4O2S. The molecular weight excluding hydrogens is 276 g/mol. The van der Waals surface area contributed by atoms with Gasteiger partial charge in [0.1, 0.15) is 5.82 Å². The van der Waals surface area contributed by atoms with Crippen LogP contribution in [0.3, 0.4) is 0 Å². The van der Waals surface area contributed by atoms with E-state index in [2.05, 4.69) is 21.8 Å². The van der Waals surface area contributed by atoms with Gasteiger partial charge in [-0.1, -0.05) is 13.3 Å². The van der Waals surface area contributed by atoms with Crippen LogP contribution in [0.5, 0.6) is 0 Å². The van der Waals surface area contributed by atoms with Crippen LogP contribution >= 0.6 is 0 Å². The molecule has 0 atom stereocenters. The number of piperazine rings is 1. The normalized spacial score (nSPS) is 17.4. The van der Waals surface area contributed by atoms with Gasteiger partial charge >= 0.3 is 0 Å². The molecule has 0 bridgehead atoms. The summed E-state index contributed by atoms with van der Waals surface area (Å²) in [6.45, 7) is 4.51. The van der Waals surface area contributed by atoms with Gasteiger partial charge in [-0.3, -0.25) is 4.98 Å². The van der Waals surface area contributed by atoms with Crippen molar-refractivity contribution in [3.63, 3.8) is 0 Å². The van der Waals surface area contributed by atoms with Crippen LogP contribution in [0.1, 0.15) is 25.5 Å². The molecule has 1 aromatic rings. The van der Waals surface area contributed by atoms with Crippen LogP contribution in [0.25, 0.3) is 0 Å². The van der Waals surface area contributed by atoms with Crippen molar-refractivity contribution in [1.29, 1.82) is 0 Å². The van der Waals surface area contributed by atoms with Crippen molar-refractivity contribution in [2.24, 2.45) is 0 Å². The Hall–Kier alpha value is -1.21. The number of anilines is 1. The van der Waals surface area contributed by atoms with Crippen molar-refractivity contribution in [2.45, 2.75) is 26.2 Å². The van der Waals surface area contributed by atoms with Crippen LogP contribution in [0, 0.1) is 0 Å². The van der Waals surface area contributed by atoms with Crippen molar-refractivity contribution < 1.29 is 8.42 Å². The highest BCUT2D eigenvalue weighted by Crippen LogP contribution is 2.14. The molecule has 0 saturated carbocycles. The molecule has 1 fully saturated rings. The van der Waals surface area contributed by atoms with Crippen molar-refractivity contribution in [3.8, 4) is 0 Å². The van der Waals surface area contributed by atoms with Gasteiger partial charge in [-0.15, -0.1) is 0 Å². The maximum atomic E-state index is 11.5. The van der Waals surface area contributed by atoms with E-state index in [0.29, 0.717) is 26.2 Å². The minimum atomic E-state index is -3.08. The van der Waals surface area contributed by atoms with Crippen molar-refractivity contribution in [3.05, 3.63) is 18.1 Å². The number of hydrogen-bond acceptors (Lipinski definition) is 5. The predicted molar refractivity (Wildman–Crippen MR) is 79.3 cm³/mol. The lowest BCUT2D eigenvalue weighted by atomic mass is 10.2. The zero-order chi connectivity index (χ0) is 14.6. The second-order valence-corrected chi connectivity index (χ2v) is 7.10. The van der Waals surface area contributed by atoms with Gasteiger partial charge in [0.2, 0.25) is 10.0 Å². The van der Waals surface area contributed by atoms with Gasteiger partial charge in [-0.2, -0.15) is 4.31 Å². The van der Waals surface area contributed by atoms with Gasteiger partial charge in [0.15, 0.2) is 0 Å². The highest BCUT2D eigenvalue weighted by molar-refractivity contribution is 7.88. The molecule has 1 saturated heterocycles. The molecule has 1 aliphatic rings. The number of sulfonamides is 1. The fourth-order valence-electron chi connectivity index (χ4n) is 2.25. The lowest BCUT2D eigenvalue weighted by Gasteiger charge is -2.33. The van der Waals surface area contributed by atoms with Crippen LogP contribution in [0.15, 0.2) is 12.4 Å². The first kappa shape index (κ1) is 15.2. The molecule has 1 aliphatic heterocycles. The fourth-order valence-corrected chi connectivity index (χ4v) is 3.07. The lowest BCUT2D eigenvalue weighted by molar-refractivity contribution is 0.387. The lowest BCUT2D eigenvalue weighted by Crippen LogP contribution is -2.48. The minimum absolute atomic E-state index is 0.512. The summed E-state index contributed by atoms with van der Waals surface area (Å²) < 4.78 is 24.4. The Morgan fingerprint density at radius 2 is 1.85 bits per heavy atom. The Bertz CT molecular complexity index is 522. The zero-order valence-electron chi connectivity index (χ0n) is 12.1. The van der Waals surface area contributed by atoms with E-state index < -0.39 is 10.0 Å². The van der Waals surface area contributed by atoms with Crippen molar-refractivity contribution >= 4 is 15.8 Å². The minimum Gasteiger partial charge on any atom is -0.353 e. The van der Waals surface area contributed by atoms with E-state index >= 15 is 0 Å². The van der Waals surface area contributed by atoms with Crippen molar-refractivity contribution in [2.75, 3.05) is 37.3 Å². The Kier molecular flexibility index (Phi) is 4.93. The summed E-state index contributed by atoms with van der Waals surface area (Å²) in [4.78, 5) is 10.9. The van der Waals surface area contributed by atoms with E-state index in [1.54, 1.807) is 6.20 Å². The van der Waals surface area contributed by atoms with E-state index in [9.17, 15) is 8.42 Å². The van der Waals surface area contributed by atoms with Gasteiger partial charge in [0.25, 0.3) is 0 Å². The summed E-state index contributed by atoms with van der Waals surface area (Å²) in [6.07, 6.45) is 8.11. The average molecular weight is 298 g/mol. The van der Waals surface area contributed by atoms with E-state index in [-0.39, 0.29) is 0 Å². The third-order valence-electron chi connectivity index (χ3n) is 3.51. The van der Waals surface area contributed by atoms with Crippen LogP contribution in [-0.4, -0.2) is 55.1 Å². The Morgan fingerprint density at radius 3 is 2.35 bits per heavy atom. The average Bonchev–Trinajstić information content (AvgIpc) is 2.45. The summed E-state index contributed by atoms with van der Waals surface area (Å²) >= 11 is 0. The first-order chi connectivity index (χ1) is 9.50. The Labute approximate surface area is 120 Å². The number of aromatic nitrogens is 2. The molecule has 1 aromatic heterocycles. The SMILES string of the molecule is CCCCc1cnc(N2CCN(S(C)(=O)=O)CC2)cn1. The molecule has 0 aromatic carbocycles. The van der Waals surface area contributed by atoms with Crippen LogP contribution < -0.4 is 4.90 Å². The quantitative estimate of drug-likeness (QED) is 0.808. The summed E-state index contributed by atoms with van der Waals surface area (Å²) in [5.41, 5.74) is 1.02. The third-order valence-corrected chi connectivity index (χ3v) is 4.81. The maximum absolute atomic E-state index is 11.5. The molecule has 112 valence electrons. The predicted octanol–water partition coefficient (Wildman–Crippen LogP) is 0.901. The molecule has 0 N–H and O–H groups in total. The van der Waals surface area contributed by atoms with E-state index in [0.717, 1.165) is 30.8 Å². The molecule has 20 heavy (non-hydrogen) atoms. The number of aryl methyl sites for hydroxylation is 1. The third kappa shape index (κ3) is 3.89. The molecule has 7 heteroatoms. The number of hydrogen-bond donors (Lipinski definition) is 0. The van der Waals surface area contributed by atoms with Crippen LogP contribution in [-0.2, 0) is 16.4 Å². The molecule has 0 aliphatic carbocycles. The van der Waals surface area contributed by atoms with E-state index in [1.807, 2.05) is 6.20 Å². The molecule has 2 heterocycles. The van der Waals surface area contributed by atoms with E-state index in [1.165, 1.54) is 10.6 Å². The molecule has 0 radical (unpaired) electrons. The van der Waals surface area contributed by atoms with Gasteiger partial charge < -0.3 is 4.90 Å². The largest absolute Gasteiger partial charge is 0.353 e. The fraction of sp³-hybridized carbons (Fsp3) is 0.692. The molecule has 0 spiro atoms. The summed E-state index contributed by atoms with van der Waals surface area (Å²) in [7, 11) is -3.08.